The number of carboxylic acid groups (broad SMARTS) is 1. The fraction of sp³-hybridized carbons (Fsp3) is 0.379. The van der Waals surface area contributed by atoms with Crippen LogP contribution in [0.1, 0.15) is 36.2 Å². The Morgan fingerprint density at radius 1 is 1.14 bits per heavy atom. The van der Waals surface area contributed by atoms with Gasteiger partial charge in [0.15, 0.2) is 5.13 Å². The molecule has 13 heteroatoms. The molecule has 0 spiro atoms. The van der Waals surface area contributed by atoms with E-state index in [1.807, 2.05) is 34.6 Å². The van der Waals surface area contributed by atoms with Gasteiger partial charge < -0.3 is 19.3 Å². The lowest BCUT2D eigenvalue weighted by Gasteiger charge is -2.40. The molecule has 7 rings (SSSR count). The van der Waals surface area contributed by atoms with Crippen LogP contribution in [0.5, 0.6) is 5.75 Å². The number of thioether (sulfide) groups is 1. The summed E-state index contributed by atoms with van der Waals surface area (Å²) in [6.07, 6.45) is 3.17. The van der Waals surface area contributed by atoms with Gasteiger partial charge in [-0.05, 0) is 50.1 Å². The highest BCUT2D eigenvalue weighted by molar-refractivity contribution is 8.01. The molecule has 218 valence electrons. The van der Waals surface area contributed by atoms with Crippen molar-refractivity contribution in [1.82, 2.24) is 14.5 Å². The highest BCUT2D eigenvalue weighted by Gasteiger charge is 2.40. The van der Waals surface area contributed by atoms with Crippen LogP contribution in [0, 0.1) is 5.82 Å². The molecule has 2 aromatic carbocycles. The first-order valence-electron chi connectivity index (χ1n) is 13.9. The van der Waals surface area contributed by atoms with Crippen molar-refractivity contribution < 1.29 is 23.8 Å². The first kappa shape index (κ1) is 27.2. The number of aromatic carboxylic acids is 1. The van der Waals surface area contributed by atoms with E-state index in [9.17, 15) is 19.5 Å². The molecule has 4 aromatic rings. The van der Waals surface area contributed by atoms with Gasteiger partial charge in [-0.2, -0.15) is 0 Å². The van der Waals surface area contributed by atoms with Gasteiger partial charge in [-0.3, -0.25) is 19.4 Å². The van der Waals surface area contributed by atoms with E-state index in [2.05, 4.69) is 4.90 Å². The number of halogens is 1. The van der Waals surface area contributed by atoms with Crippen molar-refractivity contribution >= 4 is 66.9 Å². The van der Waals surface area contributed by atoms with E-state index in [4.69, 9.17) is 9.72 Å². The SMILES string of the molecule is CCOc1ccc2nc(N3C(=O)CSC3N3CCN(c4cc5c(cc4F)c(=O)c(C(=O)O)cn5C4CC4)CC3)sc2c1. The third kappa shape index (κ3) is 4.69. The maximum absolute atomic E-state index is 15.5. The maximum atomic E-state index is 15.5. The second kappa shape index (κ2) is 10.5. The summed E-state index contributed by atoms with van der Waals surface area (Å²) in [4.78, 5) is 48.2. The van der Waals surface area contributed by atoms with Gasteiger partial charge in [-0.1, -0.05) is 11.3 Å². The van der Waals surface area contributed by atoms with Crippen LogP contribution < -0.4 is 20.0 Å². The molecule has 1 atom stereocenters. The summed E-state index contributed by atoms with van der Waals surface area (Å²) in [7, 11) is 0. The quantitative estimate of drug-likeness (QED) is 0.327. The van der Waals surface area contributed by atoms with Crippen LogP contribution in [0.3, 0.4) is 0 Å². The Bertz CT molecular complexity index is 1800. The van der Waals surface area contributed by atoms with Gasteiger partial charge in [0.05, 0.1) is 33.8 Å². The number of hydrogen-bond donors (Lipinski definition) is 1. The third-order valence-corrected chi connectivity index (χ3v) is 10.2. The van der Waals surface area contributed by atoms with Gasteiger partial charge in [-0.15, -0.1) is 11.8 Å². The molecule has 0 bridgehead atoms. The molecule has 1 unspecified atom stereocenters. The predicted octanol–water partition coefficient (Wildman–Crippen LogP) is 4.37. The maximum Gasteiger partial charge on any atom is 0.341 e. The van der Waals surface area contributed by atoms with Gasteiger partial charge in [0.25, 0.3) is 0 Å². The van der Waals surface area contributed by atoms with Gasteiger partial charge >= 0.3 is 5.97 Å². The van der Waals surface area contributed by atoms with Gasteiger partial charge in [0.1, 0.15) is 22.6 Å². The summed E-state index contributed by atoms with van der Waals surface area (Å²) in [6.45, 7) is 4.77. The number of nitrogens with zero attached hydrogens (tertiary/aromatic N) is 5. The number of hydrogen-bond acceptors (Lipinski definition) is 9. The zero-order valence-corrected chi connectivity index (χ0v) is 24.4. The number of carbonyl (C=O) groups is 2. The molecular formula is C29H28FN5O5S2. The summed E-state index contributed by atoms with van der Waals surface area (Å²) in [5.41, 5.74) is 0.545. The number of piperazine rings is 1. The second-order valence-corrected chi connectivity index (χ2v) is 12.7. The molecule has 2 aromatic heterocycles. The number of fused-ring (bicyclic) bond motifs is 2. The molecule has 1 N–H and O–H groups in total. The molecule has 3 aliphatic rings. The molecule has 1 amide bonds. The number of carbonyl (C=O) groups excluding carboxylic acids is 1. The number of pyridine rings is 1. The molecule has 42 heavy (non-hydrogen) atoms. The minimum atomic E-state index is -1.31. The van der Waals surface area contributed by atoms with Crippen LogP contribution in [-0.2, 0) is 4.79 Å². The summed E-state index contributed by atoms with van der Waals surface area (Å²) in [6, 6.07) is 8.71. The molecule has 1 saturated carbocycles. The predicted molar refractivity (Wildman–Crippen MR) is 162 cm³/mol. The van der Waals surface area contributed by atoms with Crippen molar-refractivity contribution in [2.75, 3.05) is 48.3 Å². The number of aromatic nitrogens is 2. The molecule has 2 saturated heterocycles. The van der Waals surface area contributed by atoms with Crippen LogP contribution in [0.15, 0.2) is 41.3 Å². The van der Waals surface area contributed by atoms with Crippen molar-refractivity contribution in [2.24, 2.45) is 0 Å². The average molecular weight is 610 g/mol. The van der Waals surface area contributed by atoms with Crippen molar-refractivity contribution in [3.05, 3.63) is 58.1 Å². The van der Waals surface area contributed by atoms with Crippen molar-refractivity contribution in [1.29, 1.82) is 0 Å². The second-order valence-electron chi connectivity index (χ2n) is 10.6. The fourth-order valence-corrected chi connectivity index (χ4v) is 8.05. The van der Waals surface area contributed by atoms with E-state index in [-0.39, 0.29) is 28.4 Å². The van der Waals surface area contributed by atoms with Crippen LogP contribution in [0.2, 0.25) is 0 Å². The lowest BCUT2D eigenvalue weighted by Crippen LogP contribution is -2.54. The number of anilines is 2. The molecule has 3 fully saturated rings. The molecule has 1 aliphatic carbocycles. The Kier molecular flexibility index (Phi) is 6.82. The Morgan fingerprint density at radius 3 is 2.64 bits per heavy atom. The number of benzene rings is 2. The Balaban J connectivity index is 1.13. The molecular weight excluding hydrogens is 581 g/mol. The first-order valence-corrected chi connectivity index (χ1v) is 15.8. The zero-order valence-electron chi connectivity index (χ0n) is 22.8. The normalized spacial score (nSPS) is 19.8. The Labute approximate surface area is 248 Å². The summed E-state index contributed by atoms with van der Waals surface area (Å²) in [5.74, 6) is -0.717. The number of rotatable bonds is 7. The number of ether oxygens (including phenoxy) is 1. The summed E-state index contributed by atoms with van der Waals surface area (Å²) < 4.78 is 23.8. The van der Waals surface area contributed by atoms with Crippen LogP contribution >= 0.6 is 23.1 Å². The van der Waals surface area contributed by atoms with E-state index in [1.54, 1.807) is 22.7 Å². The van der Waals surface area contributed by atoms with E-state index >= 15 is 4.39 Å². The van der Waals surface area contributed by atoms with E-state index in [0.717, 1.165) is 28.8 Å². The van der Waals surface area contributed by atoms with Crippen LogP contribution in [0.25, 0.3) is 21.1 Å². The van der Waals surface area contributed by atoms with E-state index in [1.165, 1.54) is 23.6 Å². The highest BCUT2D eigenvalue weighted by Crippen LogP contribution is 2.40. The number of carboxylic acids is 1. The molecule has 10 nitrogen and oxygen atoms in total. The lowest BCUT2D eigenvalue weighted by atomic mass is 10.1. The first-order chi connectivity index (χ1) is 20.3. The standard InChI is InChI=1S/C29H28FN5O5S2/c1-2-40-17-5-6-21-24(11-17)42-28(31-21)35-25(36)15-41-29(35)33-9-7-32(8-10-33)23-13-22-18(12-20(23)30)26(37)19(27(38)39)14-34(22)16-3-4-16/h5-6,11-14,16,29H,2-4,7-10,15H2,1H3,(H,38,39). The van der Waals surface area contributed by atoms with Crippen molar-refractivity contribution in [2.45, 2.75) is 31.3 Å². The summed E-state index contributed by atoms with van der Waals surface area (Å²) in [5, 5.41) is 10.3. The Hall–Kier alpha value is -3.68. The zero-order chi connectivity index (χ0) is 29.1. The van der Waals surface area contributed by atoms with Crippen molar-refractivity contribution in [3.63, 3.8) is 0 Å². The lowest BCUT2D eigenvalue weighted by molar-refractivity contribution is -0.116. The van der Waals surface area contributed by atoms with Gasteiger partial charge in [0.2, 0.25) is 11.3 Å². The smallest absolute Gasteiger partial charge is 0.341 e. The molecule has 0 radical (unpaired) electrons. The van der Waals surface area contributed by atoms with E-state index in [0.29, 0.717) is 54.9 Å². The third-order valence-electron chi connectivity index (χ3n) is 7.95. The monoisotopic (exact) mass is 609 g/mol. The highest BCUT2D eigenvalue weighted by atomic mass is 32.2. The van der Waals surface area contributed by atoms with E-state index < -0.39 is 17.2 Å². The minimum absolute atomic E-state index is 0.0101. The van der Waals surface area contributed by atoms with Crippen molar-refractivity contribution in [3.8, 4) is 5.75 Å². The minimum Gasteiger partial charge on any atom is -0.494 e. The number of thiazole rings is 1. The molecule has 4 heterocycles. The topological polar surface area (TPSA) is 108 Å². The fourth-order valence-electron chi connectivity index (χ4n) is 5.73. The molecule has 2 aliphatic heterocycles. The Morgan fingerprint density at radius 2 is 1.93 bits per heavy atom. The summed E-state index contributed by atoms with van der Waals surface area (Å²) >= 11 is 3.03. The van der Waals surface area contributed by atoms with Gasteiger partial charge in [0, 0.05) is 43.8 Å². The average Bonchev–Trinajstić information content (AvgIpc) is 3.62. The number of amides is 1. The van der Waals surface area contributed by atoms with Crippen LogP contribution in [0.4, 0.5) is 15.2 Å². The van der Waals surface area contributed by atoms with Gasteiger partial charge in [-0.25, -0.2) is 14.2 Å². The largest absolute Gasteiger partial charge is 0.494 e. The van der Waals surface area contributed by atoms with Crippen LogP contribution in [-0.4, -0.2) is 75.5 Å².